The molecule has 150 valence electrons. The lowest BCUT2D eigenvalue weighted by Gasteiger charge is -2.24. The van der Waals surface area contributed by atoms with Gasteiger partial charge in [-0.2, -0.15) is 9.97 Å². The number of aromatic nitrogens is 3. The van der Waals surface area contributed by atoms with E-state index >= 15 is 0 Å². The summed E-state index contributed by atoms with van der Waals surface area (Å²) in [6, 6.07) is 3.72. The molecular weight excluding hydrogens is 394 g/mol. The molecule has 0 fully saturated rings. The van der Waals surface area contributed by atoms with Crippen molar-refractivity contribution >= 4 is 28.0 Å². The number of benzene rings is 1. The predicted octanol–water partition coefficient (Wildman–Crippen LogP) is 0.788. The SMILES string of the molecule is CCOC(=O)c1cccc(S(=O)(=O)N(C(=O)N(OC)OC)c2ncncn2)c1. The second-order valence-electron chi connectivity index (χ2n) is 4.86. The van der Waals surface area contributed by atoms with Gasteiger partial charge < -0.3 is 4.74 Å². The zero-order chi connectivity index (χ0) is 20.7. The Bertz CT molecular complexity index is 935. The Labute approximate surface area is 160 Å². The van der Waals surface area contributed by atoms with Gasteiger partial charge in [0.2, 0.25) is 0 Å². The van der Waals surface area contributed by atoms with Gasteiger partial charge in [0.1, 0.15) is 12.7 Å². The van der Waals surface area contributed by atoms with Crippen molar-refractivity contribution in [1.29, 1.82) is 0 Å². The number of rotatable bonds is 7. The van der Waals surface area contributed by atoms with Gasteiger partial charge in [0, 0.05) is 0 Å². The predicted molar refractivity (Wildman–Crippen MR) is 93.1 cm³/mol. The first-order chi connectivity index (χ1) is 13.4. The average molecular weight is 411 g/mol. The van der Waals surface area contributed by atoms with Gasteiger partial charge >= 0.3 is 12.0 Å². The van der Waals surface area contributed by atoms with Crippen LogP contribution in [0.5, 0.6) is 0 Å². The molecule has 13 heteroatoms. The maximum absolute atomic E-state index is 13.2. The molecule has 0 bridgehead atoms. The summed E-state index contributed by atoms with van der Waals surface area (Å²) in [5, 5.41) is 0.316. The average Bonchev–Trinajstić information content (AvgIpc) is 2.70. The van der Waals surface area contributed by atoms with Crippen molar-refractivity contribution < 1.29 is 32.4 Å². The van der Waals surface area contributed by atoms with E-state index in [1.165, 1.54) is 18.2 Å². The van der Waals surface area contributed by atoms with Gasteiger partial charge in [-0.3, -0.25) is 0 Å². The van der Waals surface area contributed by atoms with Crippen LogP contribution in [0.4, 0.5) is 10.7 Å². The Balaban J connectivity index is 2.57. The maximum Gasteiger partial charge on any atom is 0.390 e. The standard InChI is InChI=1S/C15H17N5O7S/c1-4-27-13(21)11-6-5-7-12(8-11)28(23,24)19(14-17-9-16-10-18-14)15(22)20(25-2)26-3/h5-10H,4H2,1-3H3. The van der Waals surface area contributed by atoms with E-state index in [0.29, 0.717) is 5.23 Å². The van der Waals surface area contributed by atoms with Crippen LogP contribution in [0.25, 0.3) is 0 Å². The zero-order valence-electron chi connectivity index (χ0n) is 15.2. The second-order valence-corrected chi connectivity index (χ2v) is 6.65. The van der Waals surface area contributed by atoms with E-state index in [1.54, 1.807) is 6.92 Å². The van der Waals surface area contributed by atoms with Crippen LogP contribution < -0.4 is 4.31 Å². The van der Waals surface area contributed by atoms with Crippen LogP contribution >= 0.6 is 0 Å². The summed E-state index contributed by atoms with van der Waals surface area (Å²) >= 11 is 0. The van der Waals surface area contributed by atoms with E-state index in [1.807, 2.05) is 0 Å². The fraction of sp³-hybridized carbons (Fsp3) is 0.267. The van der Waals surface area contributed by atoms with Gasteiger partial charge in [0.05, 0.1) is 31.3 Å². The summed E-state index contributed by atoms with van der Waals surface area (Å²) in [6.07, 6.45) is 2.02. The third-order valence-electron chi connectivity index (χ3n) is 3.21. The highest BCUT2D eigenvalue weighted by molar-refractivity contribution is 7.93. The number of amides is 2. The number of sulfonamides is 1. The lowest BCUT2D eigenvalue weighted by molar-refractivity contribution is -0.296. The van der Waals surface area contributed by atoms with Crippen molar-refractivity contribution in [3.05, 3.63) is 42.5 Å². The van der Waals surface area contributed by atoms with Crippen LogP contribution in [0.2, 0.25) is 0 Å². The van der Waals surface area contributed by atoms with Crippen LogP contribution in [-0.2, 0) is 24.4 Å². The van der Waals surface area contributed by atoms with Crippen LogP contribution in [-0.4, -0.2) is 61.4 Å². The van der Waals surface area contributed by atoms with E-state index in [0.717, 1.165) is 32.9 Å². The molecule has 12 nitrogen and oxygen atoms in total. The molecule has 0 aliphatic rings. The van der Waals surface area contributed by atoms with Gasteiger partial charge in [0.25, 0.3) is 16.0 Å². The minimum Gasteiger partial charge on any atom is -0.462 e. The van der Waals surface area contributed by atoms with E-state index in [4.69, 9.17) is 14.4 Å². The molecule has 0 saturated carbocycles. The molecule has 0 radical (unpaired) electrons. The Morgan fingerprint density at radius 2 is 1.75 bits per heavy atom. The molecule has 1 aromatic carbocycles. The maximum atomic E-state index is 13.2. The van der Waals surface area contributed by atoms with Crippen LogP contribution in [0.15, 0.2) is 41.8 Å². The molecule has 0 N–H and O–H groups in total. The monoisotopic (exact) mass is 411 g/mol. The number of anilines is 1. The fourth-order valence-electron chi connectivity index (χ4n) is 2.04. The minimum atomic E-state index is -4.57. The van der Waals surface area contributed by atoms with Gasteiger partial charge in [-0.15, -0.1) is 4.31 Å². The van der Waals surface area contributed by atoms with Gasteiger partial charge in [-0.05, 0) is 25.1 Å². The first-order valence-corrected chi connectivity index (χ1v) is 9.17. The van der Waals surface area contributed by atoms with Crippen molar-refractivity contribution in [1.82, 2.24) is 20.2 Å². The van der Waals surface area contributed by atoms with E-state index in [9.17, 15) is 18.0 Å². The molecule has 0 aliphatic carbocycles. The van der Waals surface area contributed by atoms with E-state index in [2.05, 4.69) is 15.0 Å². The molecule has 28 heavy (non-hydrogen) atoms. The van der Waals surface area contributed by atoms with Crippen LogP contribution in [0, 0.1) is 0 Å². The normalized spacial score (nSPS) is 11.0. The third kappa shape index (κ3) is 4.39. The first-order valence-electron chi connectivity index (χ1n) is 7.73. The number of hydrogen-bond donors (Lipinski definition) is 0. The molecule has 2 aromatic rings. The lowest BCUT2D eigenvalue weighted by atomic mass is 10.2. The summed E-state index contributed by atoms with van der Waals surface area (Å²) in [5.74, 6) is -1.21. The molecule has 0 unspecified atom stereocenters. The molecule has 2 rings (SSSR count). The molecule has 0 spiro atoms. The number of esters is 1. The van der Waals surface area contributed by atoms with Crippen molar-refractivity contribution in [2.45, 2.75) is 11.8 Å². The van der Waals surface area contributed by atoms with Crippen molar-refractivity contribution in [2.24, 2.45) is 0 Å². The highest BCUT2D eigenvalue weighted by atomic mass is 32.2. The Morgan fingerprint density at radius 3 is 2.32 bits per heavy atom. The van der Waals surface area contributed by atoms with Crippen molar-refractivity contribution in [3.63, 3.8) is 0 Å². The third-order valence-corrected chi connectivity index (χ3v) is 4.86. The number of urea groups is 1. The molecule has 2 amide bonds. The van der Waals surface area contributed by atoms with E-state index in [-0.39, 0.29) is 21.4 Å². The van der Waals surface area contributed by atoms with Crippen molar-refractivity contribution in [2.75, 3.05) is 25.1 Å². The van der Waals surface area contributed by atoms with Crippen LogP contribution in [0.1, 0.15) is 17.3 Å². The largest absolute Gasteiger partial charge is 0.462 e. The van der Waals surface area contributed by atoms with Gasteiger partial charge in [-0.1, -0.05) is 11.3 Å². The number of carbonyl (C=O) groups is 2. The van der Waals surface area contributed by atoms with Crippen molar-refractivity contribution in [3.8, 4) is 0 Å². The molecule has 1 heterocycles. The number of hydrogen-bond acceptors (Lipinski definition) is 10. The molecular formula is C15H17N5O7S. The summed E-state index contributed by atoms with van der Waals surface area (Å²) < 4.78 is 31.4. The molecule has 0 atom stereocenters. The smallest absolute Gasteiger partial charge is 0.390 e. The topological polar surface area (TPSA) is 141 Å². The summed E-state index contributed by atoms with van der Waals surface area (Å²) in [7, 11) is -2.37. The van der Waals surface area contributed by atoms with E-state index < -0.39 is 28.0 Å². The summed E-state index contributed by atoms with van der Waals surface area (Å²) in [6.45, 7) is 1.73. The summed E-state index contributed by atoms with van der Waals surface area (Å²) in [5.41, 5.74) is -0.0127. The molecule has 0 aliphatic heterocycles. The Morgan fingerprint density at radius 1 is 1.11 bits per heavy atom. The Kier molecular flexibility index (Phi) is 6.92. The number of hydroxylamine groups is 2. The highest BCUT2D eigenvalue weighted by Crippen LogP contribution is 2.23. The summed E-state index contributed by atoms with van der Waals surface area (Å²) in [4.78, 5) is 44.6. The first kappa shape index (κ1) is 21.1. The molecule has 1 aromatic heterocycles. The zero-order valence-corrected chi connectivity index (χ0v) is 16.0. The minimum absolute atomic E-state index is 0.0127. The quantitative estimate of drug-likeness (QED) is 0.474. The van der Waals surface area contributed by atoms with Crippen LogP contribution in [0.3, 0.4) is 0 Å². The Hall–Kier alpha value is -3.16. The second kappa shape index (κ2) is 9.16. The number of ether oxygens (including phenoxy) is 1. The highest BCUT2D eigenvalue weighted by Gasteiger charge is 2.37. The molecule has 0 saturated heterocycles. The fourth-order valence-corrected chi connectivity index (χ4v) is 3.36. The van der Waals surface area contributed by atoms with Gasteiger partial charge in [-0.25, -0.2) is 32.7 Å². The number of carbonyl (C=O) groups excluding carboxylic acids is 2. The number of nitrogens with zero attached hydrogens (tertiary/aromatic N) is 5. The lowest BCUT2D eigenvalue weighted by Crippen LogP contribution is -2.46. The van der Waals surface area contributed by atoms with Gasteiger partial charge in [0.15, 0.2) is 0 Å².